The fourth-order valence-corrected chi connectivity index (χ4v) is 4.27. The van der Waals surface area contributed by atoms with Crippen LogP contribution in [-0.2, 0) is 11.3 Å². The van der Waals surface area contributed by atoms with E-state index in [0.29, 0.717) is 22.8 Å². The third-order valence-electron chi connectivity index (χ3n) is 5.53. The fourth-order valence-electron chi connectivity index (χ4n) is 4.09. The summed E-state index contributed by atoms with van der Waals surface area (Å²) < 4.78 is 22.7. The van der Waals surface area contributed by atoms with Crippen LogP contribution in [0.4, 0.5) is 15.9 Å². The summed E-state index contributed by atoms with van der Waals surface area (Å²) in [6, 6.07) is 6.91. The number of methoxy groups -OCH3 is 1. The van der Waals surface area contributed by atoms with Gasteiger partial charge < -0.3 is 19.5 Å². The van der Waals surface area contributed by atoms with E-state index in [1.54, 1.807) is 31.6 Å². The number of fused-ring (bicyclic) bond motifs is 3. The monoisotopic (exact) mass is 452 g/mol. The highest BCUT2D eigenvalue weighted by Gasteiger charge is 2.25. The number of hydrogen-bond acceptors (Lipinski definition) is 6. The minimum Gasteiger partial charge on any atom is -0.369 e. The van der Waals surface area contributed by atoms with Crippen LogP contribution in [0.1, 0.15) is 6.92 Å². The van der Waals surface area contributed by atoms with Gasteiger partial charge in [0.1, 0.15) is 17.5 Å². The predicted molar refractivity (Wildman–Crippen MR) is 123 cm³/mol. The van der Waals surface area contributed by atoms with Gasteiger partial charge >= 0.3 is 0 Å². The normalized spacial score (nSPS) is 18.1. The van der Waals surface area contributed by atoms with E-state index in [1.807, 2.05) is 30.0 Å². The van der Waals surface area contributed by atoms with Crippen molar-refractivity contribution in [2.24, 2.45) is 4.99 Å². The fraction of sp³-hybridized carbons (Fsp3) is 0.261. The Morgan fingerprint density at radius 1 is 1.31 bits per heavy atom. The van der Waals surface area contributed by atoms with Crippen LogP contribution < -0.4 is 15.8 Å². The SMILES string of the molecule is CCN=c1ncc2cc(-c3cc(N4C=C(Cl)C=CC4OC)ccc3F)c3n(c-2n1)CCN3. The number of benzene rings is 1. The van der Waals surface area contributed by atoms with Crippen molar-refractivity contribution in [2.75, 3.05) is 30.4 Å². The number of aromatic nitrogens is 3. The number of ether oxygens (including phenoxy) is 1. The van der Waals surface area contributed by atoms with Crippen LogP contribution in [0.3, 0.4) is 0 Å². The lowest BCUT2D eigenvalue weighted by atomic mass is 10.0. The maximum absolute atomic E-state index is 15.1. The van der Waals surface area contributed by atoms with Crippen LogP contribution in [0.15, 0.2) is 58.8 Å². The largest absolute Gasteiger partial charge is 0.369 e. The first-order chi connectivity index (χ1) is 15.6. The molecule has 1 atom stereocenters. The molecule has 1 aromatic carbocycles. The molecule has 5 rings (SSSR count). The Balaban J connectivity index is 1.68. The van der Waals surface area contributed by atoms with E-state index < -0.39 is 0 Å². The standard InChI is InChI=1S/C23H22ClFN6O/c1-3-26-23-28-12-14-10-18(22-27-8-9-30(22)21(14)29-23)17-11-16(5-6-19(17)25)31-13-15(24)4-7-20(31)32-2/h4-7,10-13,20,27H,3,8-9H2,1-2H3. The number of anilines is 2. The van der Waals surface area contributed by atoms with Gasteiger partial charge in [-0.1, -0.05) is 11.6 Å². The Bertz CT molecular complexity index is 1280. The first-order valence-electron chi connectivity index (χ1n) is 10.4. The van der Waals surface area contributed by atoms with E-state index in [9.17, 15) is 0 Å². The summed E-state index contributed by atoms with van der Waals surface area (Å²) in [7, 11) is 1.62. The van der Waals surface area contributed by atoms with Crippen LogP contribution in [0.2, 0.25) is 0 Å². The minimum absolute atomic E-state index is 0.320. The van der Waals surface area contributed by atoms with Gasteiger partial charge in [-0.05, 0) is 43.3 Å². The Labute approximate surface area is 189 Å². The number of rotatable bonds is 4. The minimum atomic E-state index is -0.334. The molecule has 0 aliphatic carbocycles. The Kier molecular flexibility index (Phi) is 5.40. The van der Waals surface area contributed by atoms with Gasteiger partial charge in [0.25, 0.3) is 0 Å². The van der Waals surface area contributed by atoms with Gasteiger partial charge in [0.05, 0.1) is 5.03 Å². The molecule has 0 aromatic heterocycles. The summed E-state index contributed by atoms with van der Waals surface area (Å²) in [4.78, 5) is 15.1. The molecule has 0 amide bonds. The summed E-state index contributed by atoms with van der Waals surface area (Å²) in [6.07, 6.45) is 6.82. The molecule has 4 heterocycles. The van der Waals surface area contributed by atoms with E-state index in [-0.39, 0.29) is 12.0 Å². The van der Waals surface area contributed by atoms with Crippen molar-refractivity contribution in [3.63, 3.8) is 0 Å². The van der Waals surface area contributed by atoms with Crippen LogP contribution in [-0.4, -0.2) is 41.0 Å². The molecule has 164 valence electrons. The highest BCUT2D eigenvalue weighted by molar-refractivity contribution is 6.31. The molecule has 9 heteroatoms. The Morgan fingerprint density at radius 2 is 2.19 bits per heavy atom. The molecule has 0 spiro atoms. The third kappa shape index (κ3) is 3.55. The van der Waals surface area contributed by atoms with Crippen molar-refractivity contribution in [3.8, 4) is 22.5 Å². The van der Waals surface area contributed by atoms with Crippen LogP contribution in [0, 0.1) is 5.82 Å². The number of halogens is 2. The summed E-state index contributed by atoms with van der Waals surface area (Å²) in [6.45, 7) is 4.02. The molecule has 4 aliphatic heterocycles. The summed E-state index contributed by atoms with van der Waals surface area (Å²) in [5.74, 6) is 1.28. The first kappa shape index (κ1) is 20.7. The molecule has 4 aliphatic rings. The predicted octanol–water partition coefficient (Wildman–Crippen LogP) is 3.96. The van der Waals surface area contributed by atoms with Crippen LogP contribution in [0.5, 0.6) is 0 Å². The quantitative estimate of drug-likeness (QED) is 0.649. The zero-order chi connectivity index (χ0) is 22.2. The topological polar surface area (TPSA) is 67.6 Å². The molecule has 0 radical (unpaired) electrons. The molecule has 0 bridgehead atoms. The molecule has 0 saturated heterocycles. The maximum Gasteiger partial charge on any atom is 0.246 e. The smallest absolute Gasteiger partial charge is 0.246 e. The molecule has 0 fully saturated rings. The van der Waals surface area contributed by atoms with Crippen LogP contribution >= 0.6 is 11.6 Å². The van der Waals surface area contributed by atoms with Crippen molar-refractivity contribution < 1.29 is 9.13 Å². The highest BCUT2D eigenvalue weighted by Crippen LogP contribution is 2.39. The van der Waals surface area contributed by atoms with Crippen molar-refractivity contribution in [2.45, 2.75) is 19.7 Å². The van der Waals surface area contributed by atoms with Crippen molar-refractivity contribution in [1.82, 2.24) is 14.5 Å². The Morgan fingerprint density at radius 3 is 3.00 bits per heavy atom. The third-order valence-corrected chi connectivity index (χ3v) is 5.75. The zero-order valence-electron chi connectivity index (χ0n) is 17.7. The van der Waals surface area contributed by atoms with Crippen molar-refractivity contribution in [1.29, 1.82) is 0 Å². The van der Waals surface area contributed by atoms with E-state index in [2.05, 4.69) is 24.8 Å². The maximum atomic E-state index is 15.1. The molecular weight excluding hydrogens is 431 g/mol. The lowest BCUT2D eigenvalue weighted by Gasteiger charge is -2.30. The van der Waals surface area contributed by atoms with Crippen LogP contribution in [0.25, 0.3) is 22.5 Å². The average Bonchev–Trinajstić information content (AvgIpc) is 3.30. The number of hydrogen-bond donors (Lipinski definition) is 1. The first-order valence-corrected chi connectivity index (χ1v) is 10.8. The van der Waals surface area contributed by atoms with Gasteiger partial charge in [0.15, 0.2) is 6.23 Å². The van der Waals surface area contributed by atoms with E-state index in [4.69, 9.17) is 16.3 Å². The molecule has 1 unspecified atom stereocenters. The number of allylic oxidation sites excluding steroid dienone is 2. The second-order valence-corrected chi connectivity index (χ2v) is 7.92. The molecule has 0 saturated carbocycles. The Hall–Kier alpha value is -3.23. The second kappa shape index (κ2) is 8.37. The molecule has 1 aromatic rings. The second-order valence-electron chi connectivity index (χ2n) is 7.48. The summed E-state index contributed by atoms with van der Waals surface area (Å²) in [5, 5.41) is 3.95. The molecule has 7 nitrogen and oxygen atoms in total. The number of pyridine rings is 1. The molecule has 32 heavy (non-hydrogen) atoms. The average molecular weight is 453 g/mol. The zero-order valence-corrected chi connectivity index (χ0v) is 18.5. The highest BCUT2D eigenvalue weighted by atomic mass is 35.5. The van der Waals surface area contributed by atoms with Gasteiger partial charge in [-0.2, -0.15) is 4.98 Å². The van der Waals surface area contributed by atoms with E-state index >= 15 is 4.39 Å². The van der Waals surface area contributed by atoms with Gasteiger partial charge in [-0.15, -0.1) is 0 Å². The lowest BCUT2D eigenvalue weighted by Crippen LogP contribution is -2.32. The number of nitrogens with zero attached hydrogens (tertiary/aromatic N) is 5. The van der Waals surface area contributed by atoms with E-state index in [1.165, 1.54) is 6.07 Å². The van der Waals surface area contributed by atoms with Crippen molar-refractivity contribution >= 4 is 23.1 Å². The van der Waals surface area contributed by atoms with Gasteiger partial charge in [0.2, 0.25) is 5.62 Å². The molecule has 1 N–H and O–H groups in total. The lowest BCUT2D eigenvalue weighted by molar-refractivity contribution is 0.144. The summed E-state index contributed by atoms with van der Waals surface area (Å²) >= 11 is 6.22. The summed E-state index contributed by atoms with van der Waals surface area (Å²) in [5.41, 5.74) is 3.26. The molecular formula is C23H22ClFN6O. The van der Waals surface area contributed by atoms with E-state index in [0.717, 1.165) is 41.5 Å². The number of nitrogens with one attached hydrogen (secondary N) is 1. The van der Waals surface area contributed by atoms with Gasteiger partial charge in [0, 0.05) is 61.5 Å². The van der Waals surface area contributed by atoms with Gasteiger partial charge in [-0.3, -0.25) is 0 Å². The van der Waals surface area contributed by atoms with Crippen molar-refractivity contribution in [3.05, 3.63) is 65.3 Å². The van der Waals surface area contributed by atoms with Gasteiger partial charge in [-0.25, -0.2) is 14.4 Å².